The standard InChI is InChI=1S/C12H15ClN4/c1-3-15-12(9-6-16-17(2)8-9)10-4-5-14-7-11(10)13/h4-8,12,15H,3H2,1-2H3. The normalized spacial score (nSPS) is 12.6. The second-order valence-corrected chi connectivity index (χ2v) is 4.24. The summed E-state index contributed by atoms with van der Waals surface area (Å²) in [5.74, 6) is 0. The molecule has 0 aliphatic rings. The Bertz CT molecular complexity index is 495. The number of hydrogen-bond acceptors (Lipinski definition) is 3. The molecular formula is C12H15ClN4. The van der Waals surface area contributed by atoms with Gasteiger partial charge in [-0.05, 0) is 18.2 Å². The van der Waals surface area contributed by atoms with Gasteiger partial charge in [0.15, 0.2) is 0 Å². The van der Waals surface area contributed by atoms with E-state index in [0.29, 0.717) is 5.02 Å². The molecule has 2 aromatic rings. The van der Waals surface area contributed by atoms with Crippen LogP contribution in [-0.2, 0) is 7.05 Å². The van der Waals surface area contributed by atoms with Crippen LogP contribution < -0.4 is 5.32 Å². The Balaban J connectivity index is 2.39. The Labute approximate surface area is 106 Å². The van der Waals surface area contributed by atoms with Crippen LogP contribution in [0.25, 0.3) is 0 Å². The first-order chi connectivity index (χ1) is 8.22. The SMILES string of the molecule is CCNC(c1cnn(C)c1)c1ccncc1Cl. The topological polar surface area (TPSA) is 42.7 Å². The lowest BCUT2D eigenvalue weighted by molar-refractivity contribution is 0.629. The zero-order valence-corrected chi connectivity index (χ0v) is 10.6. The lowest BCUT2D eigenvalue weighted by atomic mass is 10.0. The maximum Gasteiger partial charge on any atom is 0.0640 e. The van der Waals surface area contributed by atoms with Crippen LogP contribution in [0.1, 0.15) is 24.1 Å². The molecule has 0 amide bonds. The third kappa shape index (κ3) is 2.65. The molecular weight excluding hydrogens is 236 g/mol. The molecule has 1 unspecified atom stereocenters. The van der Waals surface area contributed by atoms with Crippen LogP contribution in [0.3, 0.4) is 0 Å². The van der Waals surface area contributed by atoms with Crippen molar-refractivity contribution in [3.63, 3.8) is 0 Å². The smallest absolute Gasteiger partial charge is 0.0640 e. The van der Waals surface area contributed by atoms with E-state index in [0.717, 1.165) is 17.7 Å². The molecule has 4 nitrogen and oxygen atoms in total. The molecule has 0 aliphatic heterocycles. The maximum atomic E-state index is 6.18. The van der Waals surface area contributed by atoms with Gasteiger partial charge in [0.05, 0.1) is 17.3 Å². The van der Waals surface area contributed by atoms with Crippen LogP contribution in [-0.4, -0.2) is 21.3 Å². The fraction of sp³-hybridized carbons (Fsp3) is 0.333. The van der Waals surface area contributed by atoms with Gasteiger partial charge in [0.1, 0.15) is 0 Å². The van der Waals surface area contributed by atoms with Gasteiger partial charge in [-0.2, -0.15) is 5.10 Å². The van der Waals surface area contributed by atoms with Crippen molar-refractivity contribution in [3.8, 4) is 0 Å². The third-order valence-corrected chi connectivity index (χ3v) is 2.90. The van der Waals surface area contributed by atoms with Gasteiger partial charge < -0.3 is 5.32 Å². The largest absolute Gasteiger partial charge is 0.306 e. The minimum Gasteiger partial charge on any atom is -0.306 e. The van der Waals surface area contributed by atoms with Crippen molar-refractivity contribution in [2.24, 2.45) is 7.05 Å². The van der Waals surface area contributed by atoms with Crippen LogP contribution in [0.15, 0.2) is 30.9 Å². The number of aromatic nitrogens is 3. The lowest BCUT2D eigenvalue weighted by Crippen LogP contribution is -2.22. The summed E-state index contributed by atoms with van der Waals surface area (Å²) in [6, 6.07) is 1.99. The van der Waals surface area contributed by atoms with Gasteiger partial charge in [-0.3, -0.25) is 9.67 Å². The first-order valence-corrected chi connectivity index (χ1v) is 5.91. The molecule has 0 spiro atoms. The van der Waals surface area contributed by atoms with E-state index in [-0.39, 0.29) is 6.04 Å². The van der Waals surface area contributed by atoms with Gasteiger partial charge in [0.2, 0.25) is 0 Å². The second kappa shape index (κ2) is 5.29. The van der Waals surface area contributed by atoms with Gasteiger partial charge in [0, 0.05) is 31.2 Å². The Kier molecular flexibility index (Phi) is 3.76. The molecule has 0 aliphatic carbocycles. The quantitative estimate of drug-likeness (QED) is 0.904. The van der Waals surface area contributed by atoms with Gasteiger partial charge in [-0.1, -0.05) is 18.5 Å². The van der Waals surface area contributed by atoms with E-state index in [9.17, 15) is 0 Å². The molecule has 0 saturated heterocycles. The molecule has 17 heavy (non-hydrogen) atoms. The van der Waals surface area contributed by atoms with E-state index in [2.05, 4.69) is 22.3 Å². The van der Waals surface area contributed by atoms with Crippen LogP contribution in [0.4, 0.5) is 0 Å². The number of nitrogens with zero attached hydrogens (tertiary/aromatic N) is 3. The summed E-state index contributed by atoms with van der Waals surface area (Å²) < 4.78 is 1.79. The van der Waals surface area contributed by atoms with Gasteiger partial charge in [-0.15, -0.1) is 0 Å². The number of nitrogens with one attached hydrogen (secondary N) is 1. The number of hydrogen-bond donors (Lipinski definition) is 1. The van der Waals surface area contributed by atoms with Crippen molar-refractivity contribution < 1.29 is 0 Å². The van der Waals surface area contributed by atoms with Gasteiger partial charge >= 0.3 is 0 Å². The molecule has 1 atom stereocenters. The van der Waals surface area contributed by atoms with Crippen LogP contribution in [0.5, 0.6) is 0 Å². The summed E-state index contributed by atoms with van der Waals surface area (Å²) in [4.78, 5) is 4.01. The molecule has 0 bridgehead atoms. The molecule has 2 heterocycles. The van der Waals surface area contributed by atoms with Crippen molar-refractivity contribution in [2.75, 3.05) is 6.54 Å². The summed E-state index contributed by atoms with van der Waals surface area (Å²) >= 11 is 6.18. The number of halogens is 1. The summed E-state index contributed by atoms with van der Waals surface area (Å²) in [5.41, 5.74) is 2.12. The second-order valence-electron chi connectivity index (χ2n) is 3.84. The van der Waals surface area contributed by atoms with Crippen LogP contribution >= 0.6 is 11.6 Å². The van der Waals surface area contributed by atoms with Crippen LogP contribution in [0, 0.1) is 0 Å². The predicted octanol–water partition coefficient (Wildman–Crippen LogP) is 2.17. The minimum atomic E-state index is 0.0594. The number of pyridine rings is 1. The highest BCUT2D eigenvalue weighted by atomic mass is 35.5. The molecule has 0 radical (unpaired) electrons. The summed E-state index contributed by atoms with van der Waals surface area (Å²) in [7, 11) is 1.90. The Hall–Kier alpha value is -1.39. The average molecular weight is 251 g/mol. The first-order valence-electron chi connectivity index (χ1n) is 5.53. The van der Waals surface area contributed by atoms with E-state index < -0.39 is 0 Å². The Morgan fingerprint density at radius 3 is 2.88 bits per heavy atom. The number of rotatable bonds is 4. The average Bonchev–Trinajstić information content (AvgIpc) is 2.74. The van der Waals surface area contributed by atoms with Crippen molar-refractivity contribution in [1.82, 2.24) is 20.1 Å². The summed E-state index contributed by atoms with van der Waals surface area (Å²) in [5, 5.41) is 8.27. The fourth-order valence-electron chi connectivity index (χ4n) is 1.82. The highest BCUT2D eigenvalue weighted by Gasteiger charge is 2.17. The summed E-state index contributed by atoms with van der Waals surface area (Å²) in [6.45, 7) is 2.93. The molecule has 0 aromatic carbocycles. The van der Waals surface area contributed by atoms with Crippen molar-refractivity contribution >= 4 is 11.6 Å². The number of aryl methyl sites for hydroxylation is 1. The van der Waals surface area contributed by atoms with Crippen LogP contribution in [0.2, 0.25) is 5.02 Å². The molecule has 5 heteroatoms. The van der Waals surface area contributed by atoms with E-state index in [4.69, 9.17) is 11.6 Å². The first kappa shape index (κ1) is 12.1. The third-order valence-electron chi connectivity index (χ3n) is 2.58. The Morgan fingerprint density at radius 2 is 2.29 bits per heavy atom. The molecule has 2 aromatic heterocycles. The van der Waals surface area contributed by atoms with Gasteiger partial charge in [-0.25, -0.2) is 0 Å². The highest BCUT2D eigenvalue weighted by molar-refractivity contribution is 6.31. The zero-order chi connectivity index (χ0) is 12.3. The van der Waals surface area contributed by atoms with E-state index >= 15 is 0 Å². The highest BCUT2D eigenvalue weighted by Crippen LogP contribution is 2.26. The molecule has 0 saturated carbocycles. The predicted molar refractivity (Wildman–Crippen MR) is 68.0 cm³/mol. The van der Waals surface area contributed by atoms with E-state index in [1.807, 2.05) is 25.5 Å². The van der Waals surface area contributed by atoms with E-state index in [1.54, 1.807) is 17.1 Å². The molecule has 90 valence electrons. The van der Waals surface area contributed by atoms with Crippen molar-refractivity contribution in [1.29, 1.82) is 0 Å². The molecule has 1 N–H and O–H groups in total. The monoisotopic (exact) mass is 250 g/mol. The minimum absolute atomic E-state index is 0.0594. The Morgan fingerprint density at radius 1 is 1.47 bits per heavy atom. The zero-order valence-electron chi connectivity index (χ0n) is 9.89. The van der Waals surface area contributed by atoms with E-state index in [1.165, 1.54) is 0 Å². The van der Waals surface area contributed by atoms with Gasteiger partial charge in [0.25, 0.3) is 0 Å². The maximum absolute atomic E-state index is 6.18. The van der Waals surface area contributed by atoms with Crippen molar-refractivity contribution in [3.05, 3.63) is 47.0 Å². The van der Waals surface area contributed by atoms with Crippen molar-refractivity contribution in [2.45, 2.75) is 13.0 Å². The molecule has 0 fully saturated rings. The summed E-state index contributed by atoms with van der Waals surface area (Å²) in [6.07, 6.45) is 7.26. The molecule has 2 rings (SSSR count). The lowest BCUT2D eigenvalue weighted by Gasteiger charge is -2.17. The fourth-order valence-corrected chi connectivity index (χ4v) is 2.05.